The Morgan fingerprint density at radius 1 is 1.06 bits per heavy atom. The minimum atomic E-state index is -0.700. The summed E-state index contributed by atoms with van der Waals surface area (Å²) in [5, 5.41) is 4.85. The van der Waals surface area contributed by atoms with E-state index in [1.807, 2.05) is 42.5 Å². The van der Waals surface area contributed by atoms with Gasteiger partial charge in [0.15, 0.2) is 18.1 Å². The van der Waals surface area contributed by atoms with Crippen LogP contribution in [0.1, 0.15) is 23.0 Å². The van der Waals surface area contributed by atoms with Crippen LogP contribution in [-0.2, 0) is 20.7 Å². The molecule has 3 rings (SSSR count). The summed E-state index contributed by atoms with van der Waals surface area (Å²) in [4.78, 5) is 40.6. The quantitative estimate of drug-likeness (QED) is 0.515. The number of methoxy groups -OCH3 is 1. The zero-order chi connectivity index (χ0) is 22.2. The topological polar surface area (TPSA) is 94.6 Å². The molecule has 0 saturated carbocycles. The maximum absolute atomic E-state index is 12.3. The number of benzene rings is 2. The second-order valence-electron chi connectivity index (χ2n) is 6.76. The Bertz CT molecular complexity index is 1050. The molecular weight excluding hydrogens is 416 g/mol. The maximum Gasteiger partial charge on any atom is 0.358 e. The fourth-order valence-electron chi connectivity index (χ4n) is 2.82. The summed E-state index contributed by atoms with van der Waals surface area (Å²) >= 11 is 1.30. The number of ketones is 1. The minimum Gasteiger partial charge on any atom is -0.497 e. The number of carbonyl (C=O) groups excluding carboxylic acids is 3. The first kappa shape index (κ1) is 22.2. The van der Waals surface area contributed by atoms with E-state index in [4.69, 9.17) is 9.47 Å². The summed E-state index contributed by atoms with van der Waals surface area (Å²) in [5.74, 6) is -0.696. The van der Waals surface area contributed by atoms with Crippen molar-refractivity contribution in [3.8, 4) is 16.3 Å². The van der Waals surface area contributed by atoms with Gasteiger partial charge in [0.1, 0.15) is 10.8 Å². The van der Waals surface area contributed by atoms with Gasteiger partial charge in [0, 0.05) is 10.9 Å². The van der Waals surface area contributed by atoms with Gasteiger partial charge in [0.25, 0.3) is 5.91 Å². The van der Waals surface area contributed by atoms with Gasteiger partial charge in [-0.05, 0) is 43.2 Å². The van der Waals surface area contributed by atoms with E-state index >= 15 is 0 Å². The third-order valence-electron chi connectivity index (χ3n) is 4.49. The molecule has 3 aromatic rings. The molecule has 0 spiro atoms. The number of amides is 1. The van der Waals surface area contributed by atoms with Gasteiger partial charge in [-0.15, -0.1) is 11.3 Å². The van der Waals surface area contributed by atoms with Crippen LogP contribution in [-0.4, -0.2) is 42.4 Å². The van der Waals surface area contributed by atoms with Crippen LogP contribution < -0.4 is 10.1 Å². The molecule has 1 heterocycles. The van der Waals surface area contributed by atoms with Crippen molar-refractivity contribution in [2.75, 3.05) is 13.7 Å². The predicted octanol–water partition coefficient (Wildman–Crippen LogP) is 3.29. The van der Waals surface area contributed by atoms with E-state index in [1.165, 1.54) is 18.3 Å². The first-order valence-electron chi connectivity index (χ1n) is 9.57. The van der Waals surface area contributed by atoms with Crippen molar-refractivity contribution in [3.63, 3.8) is 0 Å². The molecule has 0 aliphatic heterocycles. The van der Waals surface area contributed by atoms with Crippen LogP contribution in [0, 0.1) is 0 Å². The van der Waals surface area contributed by atoms with E-state index in [0.717, 1.165) is 16.9 Å². The number of hydrogen-bond donors (Lipinski definition) is 1. The van der Waals surface area contributed by atoms with Crippen molar-refractivity contribution >= 4 is 29.0 Å². The average Bonchev–Trinajstić information content (AvgIpc) is 3.28. The van der Waals surface area contributed by atoms with Gasteiger partial charge < -0.3 is 14.8 Å². The lowest BCUT2D eigenvalue weighted by Gasteiger charge is -2.16. The van der Waals surface area contributed by atoms with Gasteiger partial charge in [-0.1, -0.05) is 30.3 Å². The van der Waals surface area contributed by atoms with Crippen LogP contribution >= 0.6 is 11.3 Å². The monoisotopic (exact) mass is 438 g/mol. The fraction of sp³-hybridized carbons (Fsp3) is 0.217. The lowest BCUT2D eigenvalue weighted by atomic mass is 10.0. The summed E-state index contributed by atoms with van der Waals surface area (Å²) in [6.45, 7) is 0.919. The SMILES string of the molecule is COc1ccc(-c2nc(C(=O)OCC(=O)NC(Cc3ccccc3)C(C)=O)cs2)cc1. The Kier molecular flexibility index (Phi) is 7.50. The fourth-order valence-corrected chi connectivity index (χ4v) is 3.62. The molecule has 0 bridgehead atoms. The number of carbonyl (C=O) groups is 3. The van der Waals surface area contributed by atoms with Gasteiger partial charge in [-0.2, -0.15) is 0 Å². The Hall–Kier alpha value is -3.52. The second kappa shape index (κ2) is 10.5. The number of esters is 1. The summed E-state index contributed by atoms with van der Waals surface area (Å²) in [6, 6.07) is 16.0. The highest BCUT2D eigenvalue weighted by Crippen LogP contribution is 2.25. The first-order valence-corrected chi connectivity index (χ1v) is 10.4. The van der Waals surface area contributed by atoms with Crippen molar-refractivity contribution < 1.29 is 23.9 Å². The van der Waals surface area contributed by atoms with Gasteiger partial charge in [0.05, 0.1) is 13.2 Å². The second-order valence-corrected chi connectivity index (χ2v) is 7.62. The number of rotatable bonds is 9. The molecule has 1 aromatic heterocycles. The van der Waals surface area contributed by atoms with E-state index in [2.05, 4.69) is 10.3 Å². The highest BCUT2D eigenvalue weighted by atomic mass is 32.1. The summed E-state index contributed by atoms with van der Waals surface area (Å²) in [7, 11) is 1.59. The molecule has 1 N–H and O–H groups in total. The largest absolute Gasteiger partial charge is 0.497 e. The third-order valence-corrected chi connectivity index (χ3v) is 5.38. The normalized spacial score (nSPS) is 11.4. The van der Waals surface area contributed by atoms with Crippen LogP contribution in [0.5, 0.6) is 5.75 Å². The van der Waals surface area contributed by atoms with Crippen LogP contribution in [0.2, 0.25) is 0 Å². The molecule has 7 nitrogen and oxygen atoms in total. The molecule has 1 amide bonds. The van der Waals surface area contributed by atoms with Crippen molar-refractivity contribution in [2.24, 2.45) is 0 Å². The number of hydrogen-bond acceptors (Lipinski definition) is 7. The maximum atomic E-state index is 12.3. The van der Waals surface area contributed by atoms with Gasteiger partial charge in [0.2, 0.25) is 0 Å². The molecule has 31 heavy (non-hydrogen) atoms. The number of Topliss-reactive ketones (excluding diaryl/α,β-unsaturated/α-hetero) is 1. The van der Waals surface area contributed by atoms with Crippen LogP contribution in [0.4, 0.5) is 0 Å². The Morgan fingerprint density at radius 2 is 1.77 bits per heavy atom. The van der Waals surface area contributed by atoms with Crippen LogP contribution in [0.15, 0.2) is 60.0 Å². The van der Waals surface area contributed by atoms with E-state index in [0.29, 0.717) is 11.4 Å². The Morgan fingerprint density at radius 3 is 2.42 bits per heavy atom. The summed E-state index contributed by atoms with van der Waals surface area (Å²) < 4.78 is 10.2. The molecule has 0 aliphatic rings. The molecule has 0 saturated heterocycles. The van der Waals surface area contributed by atoms with Crippen molar-refractivity contribution in [1.82, 2.24) is 10.3 Å². The third kappa shape index (κ3) is 6.23. The van der Waals surface area contributed by atoms with E-state index in [9.17, 15) is 14.4 Å². The lowest BCUT2D eigenvalue weighted by molar-refractivity contribution is -0.128. The zero-order valence-electron chi connectivity index (χ0n) is 17.2. The molecule has 0 fully saturated rings. The van der Waals surface area contributed by atoms with E-state index in [-0.39, 0.29) is 11.5 Å². The number of ether oxygens (including phenoxy) is 2. The van der Waals surface area contributed by atoms with Crippen molar-refractivity contribution in [2.45, 2.75) is 19.4 Å². The van der Waals surface area contributed by atoms with E-state index < -0.39 is 24.5 Å². The number of nitrogens with zero attached hydrogens (tertiary/aromatic N) is 1. The molecule has 8 heteroatoms. The van der Waals surface area contributed by atoms with Gasteiger partial charge in [-0.3, -0.25) is 9.59 Å². The lowest BCUT2D eigenvalue weighted by Crippen LogP contribution is -2.43. The Balaban J connectivity index is 1.54. The van der Waals surface area contributed by atoms with Gasteiger partial charge in [-0.25, -0.2) is 9.78 Å². The predicted molar refractivity (Wildman–Crippen MR) is 117 cm³/mol. The zero-order valence-corrected chi connectivity index (χ0v) is 18.0. The smallest absolute Gasteiger partial charge is 0.358 e. The van der Waals surface area contributed by atoms with Crippen LogP contribution in [0.3, 0.4) is 0 Å². The number of thiazole rings is 1. The molecule has 2 aromatic carbocycles. The molecule has 160 valence electrons. The van der Waals surface area contributed by atoms with E-state index in [1.54, 1.807) is 24.6 Å². The number of nitrogens with one attached hydrogen (secondary N) is 1. The van der Waals surface area contributed by atoms with Gasteiger partial charge >= 0.3 is 5.97 Å². The highest BCUT2D eigenvalue weighted by Gasteiger charge is 2.20. The van der Waals surface area contributed by atoms with Crippen LogP contribution in [0.25, 0.3) is 10.6 Å². The summed E-state index contributed by atoms with van der Waals surface area (Å²) in [5.41, 5.74) is 1.89. The van der Waals surface area contributed by atoms with Crippen molar-refractivity contribution in [3.05, 3.63) is 71.2 Å². The molecule has 0 radical (unpaired) electrons. The average molecular weight is 439 g/mol. The number of aromatic nitrogens is 1. The molecule has 1 unspecified atom stereocenters. The molecular formula is C23H22N2O5S. The highest BCUT2D eigenvalue weighted by molar-refractivity contribution is 7.13. The first-order chi connectivity index (χ1) is 15.0. The minimum absolute atomic E-state index is 0.121. The molecule has 1 atom stereocenters. The van der Waals surface area contributed by atoms with Crippen molar-refractivity contribution in [1.29, 1.82) is 0 Å². The molecule has 0 aliphatic carbocycles. The standard InChI is InChI=1S/C23H22N2O5S/c1-15(26)19(12-16-6-4-3-5-7-16)24-21(27)13-30-23(28)20-14-31-22(25-20)17-8-10-18(29-2)11-9-17/h3-11,14,19H,12-13H2,1-2H3,(H,24,27). The Labute approximate surface area is 184 Å². The summed E-state index contributed by atoms with van der Waals surface area (Å²) in [6.07, 6.45) is 0.368.